The van der Waals surface area contributed by atoms with Crippen molar-refractivity contribution in [1.82, 2.24) is 0 Å². The molecule has 1 aromatic carbocycles. The second-order valence-corrected chi connectivity index (χ2v) is 3.61. The third-order valence-corrected chi connectivity index (χ3v) is 2.33. The van der Waals surface area contributed by atoms with Crippen LogP contribution in [0.25, 0.3) is 0 Å². The van der Waals surface area contributed by atoms with Gasteiger partial charge in [0.25, 0.3) is 5.91 Å². The molecule has 0 radical (unpaired) electrons. The van der Waals surface area contributed by atoms with E-state index in [-0.39, 0.29) is 18.0 Å². The highest BCUT2D eigenvalue weighted by Gasteiger charge is 2.21. The number of nitrogens with one attached hydrogen (secondary N) is 2. The highest BCUT2D eigenvalue weighted by molar-refractivity contribution is 6.03. The first kappa shape index (κ1) is 11.1. The molecule has 5 nitrogen and oxygen atoms in total. The van der Waals surface area contributed by atoms with Crippen LogP contribution < -0.4 is 10.6 Å². The number of amides is 2. The van der Waals surface area contributed by atoms with Crippen LogP contribution in [-0.4, -0.2) is 16.9 Å². The van der Waals surface area contributed by atoms with Gasteiger partial charge >= 0.3 is 0 Å². The Morgan fingerprint density at radius 3 is 2.88 bits per heavy atom. The number of benzene rings is 1. The van der Waals surface area contributed by atoms with E-state index < -0.39 is 17.5 Å². The van der Waals surface area contributed by atoms with Crippen molar-refractivity contribution >= 4 is 23.2 Å². The maximum Gasteiger partial charge on any atom is 0.289 e. The van der Waals surface area contributed by atoms with Crippen LogP contribution in [0.1, 0.15) is 5.56 Å². The summed E-state index contributed by atoms with van der Waals surface area (Å²) in [6.07, 6.45) is 0.118. The van der Waals surface area contributed by atoms with Crippen LogP contribution in [0.4, 0.5) is 15.8 Å². The van der Waals surface area contributed by atoms with E-state index >= 15 is 0 Å². The minimum Gasteiger partial charge on any atom is -0.503 e. The van der Waals surface area contributed by atoms with Crippen molar-refractivity contribution in [2.24, 2.45) is 0 Å². The van der Waals surface area contributed by atoms with Gasteiger partial charge in [-0.25, -0.2) is 4.39 Å². The highest BCUT2D eigenvalue weighted by atomic mass is 19.1. The predicted octanol–water partition coefficient (Wildman–Crippen LogP) is 1.33. The molecule has 6 heteroatoms. The maximum atomic E-state index is 13.5. The number of carbonyl (C=O) groups is 2. The van der Waals surface area contributed by atoms with Gasteiger partial charge in [-0.05, 0) is 17.7 Å². The summed E-state index contributed by atoms with van der Waals surface area (Å²) in [6.45, 7) is 3.02. The van der Waals surface area contributed by atoms with Gasteiger partial charge in [0.2, 0.25) is 5.91 Å². The third kappa shape index (κ3) is 2.10. The monoisotopic (exact) mass is 236 g/mol. The molecule has 88 valence electrons. The molecule has 0 spiro atoms. The lowest BCUT2D eigenvalue weighted by Crippen LogP contribution is -2.14. The molecule has 0 saturated carbocycles. The summed E-state index contributed by atoms with van der Waals surface area (Å²) in [6, 6.07) is 2.47. The Labute approximate surface area is 95.9 Å². The van der Waals surface area contributed by atoms with E-state index in [0.717, 1.165) is 0 Å². The number of aliphatic hydroxyl groups is 1. The molecular formula is C11H9FN2O3. The number of carbonyl (C=O) groups excluding carboxylic acids is 2. The lowest BCUT2D eigenvalue weighted by atomic mass is 10.1. The minimum absolute atomic E-state index is 0.118. The van der Waals surface area contributed by atoms with E-state index in [4.69, 9.17) is 5.11 Å². The van der Waals surface area contributed by atoms with Gasteiger partial charge in [-0.15, -0.1) is 0 Å². The molecule has 0 atom stereocenters. The van der Waals surface area contributed by atoms with Gasteiger partial charge in [0, 0.05) is 5.69 Å². The lowest BCUT2D eigenvalue weighted by molar-refractivity contribution is -0.115. The Hall–Kier alpha value is -2.37. The van der Waals surface area contributed by atoms with Gasteiger partial charge in [0.1, 0.15) is 5.82 Å². The molecule has 1 heterocycles. The molecule has 0 aromatic heterocycles. The number of rotatable bonds is 2. The summed E-state index contributed by atoms with van der Waals surface area (Å²) in [5.41, 5.74) is 0.870. The van der Waals surface area contributed by atoms with Gasteiger partial charge in [0.05, 0.1) is 12.1 Å². The summed E-state index contributed by atoms with van der Waals surface area (Å²) in [5, 5.41) is 13.5. The quantitative estimate of drug-likeness (QED) is 0.535. The van der Waals surface area contributed by atoms with Gasteiger partial charge < -0.3 is 15.7 Å². The molecule has 1 aliphatic rings. The van der Waals surface area contributed by atoms with Crippen molar-refractivity contribution in [2.45, 2.75) is 6.42 Å². The van der Waals surface area contributed by atoms with Crippen molar-refractivity contribution in [3.63, 3.8) is 0 Å². The van der Waals surface area contributed by atoms with Gasteiger partial charge in [0.15, 0.2) is 5.76 Å². The Kier molecular flexibility index (Phi) is 2.55. The zero-order valence-corrected chi connectivity index (χ0v) is 8.71. The van der Waals surface area contributed by atoms with E-state index in [1.54, 1.807) is 0 Å². The van der Waals surface area contributed by atoms with Gasteiger partial charge in [-0.3, -0.25) is 9.59 Å². The molecule has 2 rings (SSSR count). The number of fused-ring (bicyclic) bond motifs is 1. The molecule has 0 unspecified atom stereocenters. The van der Waals surface area contributed by atoms with Crippen LogP contribution in [-0.2, 0) is 16.0 Å². The molecule has 2 amide bonds. The van der Waals surface area contributed by atoms with Gasteiger partial charge in [-0.2, -0.15) is 0 Å². The van der Waals surface area contributed by atoms with Crippen LogP contribution in [0.3, 0.4) is 0 Å². The van der Waals surface area contributed by atoms with Gasteiger partial charge in [-0.1, -0.05) is 6.58 Å². The molecule has 0 saturated heterocycles. The SMILES string of the molecule is C=C(O)C(=O)Nc1cc2c(cc1F)CC(=O)N2. The van der Waals surface area contributed by atoms with Crippen molar-refractivity contribution in [3.05, 3.63) is 35.9 Å². The average molecular weight is 236 g/mol. The molecule has 0 bridgehead atoms. The van der Waals surface area contributed by atoms with Crippen molar-refractivity contribution in [1.29, 1.82) is 0 Å². The summed E-state index contributed by atoms with van der Waals surface area (Å²) in [4.78, 5) is 22.2. The first-order valence-corrected chi connectivity index (χ1v) is 4.79. The molecule has 1 aromatic rings. The number of aliphatic hydroxyl groups excluding tert-OH is 1. The molecule has 0 fully saturated rings. The number of hydrogen-bond acceptors (Lipinski definition) is 3. The van der Waals surface area contributed by atoms with Crippen LogP contribution in [0.2, 0.25) is 0 Å². The first-order valence-electron chi connectivity index (χ1n) is 4.79. The standard InChI is InChI=1S/C11H9FN2O3/c1-5(15)11(17)14-9-4-8-6(2-7(9)12)3-10(16)13-8/h2,4,15H,1,3H2,(H,13,16)(H,14,17). The third-order valence-electron chi connectivity index (χ3n) is 2.33. The van der Waals surface area contributed by atoms with Crippen LogP contribution in [0, 0.1) is 5.82 Å². The summed E-state index contributed by atoms with van der Waals surface area (Å²) in [7, 11) is 0. The second kappa shape index (κ2) is 3.89. The molecule has 17 heavy (non-hydrogen) atoms. The van der Waals surface area contributed by atoms with E-state index in [9.17, 15) is 14.0 Å². The zero-order chi connectivity index (χ0) is 12.6. The Morgan fingerprint density at radius 1 is 1.53 bits per heavy atom. The molecule has 1 aliphatic heterocycles. The summed E-state index contributed by atoms with van der Waals surface area (Å²) >= 11 is 0. The number of halogens is 1. The Morgan fingerprint density at radius 2 is 2.24 bits per heavy atom. The fourth-order valence-electron chi connectivity index (χ4n) is 1.53. The predicted molar refractivity (Wildman–Crippen MR) is 59.1 cm³/mol. The van der Waals surface area contributed by atoms with Crippen molar-refractivity contribution in [3.8, 4) is 0 Å². The molecule has 0 aliphatic carbocycles. The Balaban J connectivity index is 2.31. The topological polar surface area (TPSA) is 78.4 Å². The zero-order valence-electron chi connectivity index (χ0n) is 8.71. The van der Waals surface area contributed by atoms with E-state index in [0.29, 0.717) is 11.3 Å². The van der Waals surface area contributed by atoms with Crippen LogP contribution in [0.5, 0.6) is 0 Å². The normalized spacial score (nSPS) is 12.9. The Bertz CT molecular complexity index is 540. The van der Waals surface area contributed by atoms with Crippen LogP contribution >= 0.6 is 0 Å². The fourth-order valence-corrected chi connectivity index (χ4v) is 1.53. The van der Waals surface area contributed by atoms with Crippen molar-refractivity contribution in [2.75, 3.05) is 10.6 Å². The largest absolute Gasteiger partial charge is 0.503 e. The van der Waals surface area contributed by atoms with Crippen LogP contribution in [0.15, 0.2) is 24.5 Å². The summed E-state index contributed by atoms with van der Waals surface area (Å²) < 4.78 is 13.5. The van der Waals surface area contributed by atoms with E-state index in [1.807, 2.05) is 0 Å². The summed E-state index contributed by atoms with van der Waals surface area (Å²) in [5.74, 6) is -2.51. The molecular weight excluding hydrogens is 227 g/mol. The highest BCUT2D eigenvalue weighted by Crippen LogP contribution is 2.29. The lowest BCUT2D eigenvalue weighted by Gasteiger charge is -2.07. The molecule has 3 N–H and O–H groups in total. The smallest absolute Gasteiger partial charge is 0.289 e. The fraction of sp³-hybridized carbons (Fsp3) is 0.0909. The van der Waals surface area contributed by atoms with E-state index in [1.165, 1.54) is 12.1 Å². The number of anilines is 2. The van der Waals surface area contributed by atoms with Crippen molar-refractivity contribution < 1.29 is 19.1 Å². The maximum absolute atomic E-state index is 13.5. The van der Waals surface area contributed by atoms with E-state index in [2.05, 4.69) is 17.2 Å². The number of hydrogen-bond donors (Lipinski definition) is 3. The average Bonchev–Trinajstić information content (AvgIpc) is 2.57. The first-order chi connectivity index (χ1) is 7.97. The second-order valence-electron chi connectivity index (χ2n) is 3.61. The minimum atomic E-state index is -0.895.